The summed E-state index contributed by atoms with van der Waals surface area (Å²) >= 11 is 0. The number of anilines is 1. The number of para-hydroxylation sites is 1. The average molecular weight is 421 g/mol. The van der Waals surface area contributed by atoms with E-state index in [2.05, 4.69) is 5.32 Å². The molecule has 31 heavy (non-hydrogen) atoms. The summed E-state index contributed by atoms with van der Waals surface area (Å²) in [6, 6.07) is 14.2. The van der Waals surface area contributed by atoms with Gasteiger partial charge in [-0.3, -0.25) is 19.1 Å². The van der Waals surface area contributed by atoms with Crippen molar-refractivity contribution in [2.75, 3.05) is 18.5 Å². The number of ketones is 1. The summed E-state index contributed by atoms with van der Waals surface area (Å²) in [6.07, 6.45) is -0.0172. The summed E-state index contributed by atoms with van der Waals surface area (Å²) < 4.78 is 14.1. The van der Waals surface area contributed by atoms with Crippen molar-refractivity contribution in [2.24, 2.45) is 7.05 Å². The fourth-order valence-electron chi connectivity index (χ4n) is 3.50. The number of benzene rings is 2. The predicted octanol–water partition coefficient (Wildman–Crippen LogP) is 2.86. The standard InChI is InChI=1S/C23H23N3O5/c1-15-22(23(29)26(25(15)2)17-6-4-3-5-7-17)24-21(28)11-9-18(27)16-8-10-19-20(14-16)31-13-12-30-19/h3-8,10,14H,9,11-13H2,1-2H3,(H,24,28). The van der Waals surface area contributed by atoms with E-state index in [1.807, 2.05) is 30.3 Å². The summed E-state index contributed by atoms with van der Waals surface area (Å²) in [5.41, 5.74) is 1.67. The molecule has 2 heterocycles. The normalized spacial score (nSPS) is 12.5. The Labute approximate surface area is 179 Å². The molecule has 8 heteroatoms. The highest BCUT2D eigenvalue weighted by Gasteiger charge is 2.19. The number of ether oxygens (including phenoxy) is 2. The molecule has 0 aliphatic carbocycles. The highest BCUT2D eigenvalue weighted by molar-refractivity contribution is 6.00. The fraction of sp³-hybridized carbons (Fsp3) is 0.261. The second kappa shape index (κ2) is 8.51. The molecule has 160 valence electrons. The number of nitrogens with zero attached hydrogens (tertiary/aromatic N) is 2. The Kier molecular flexibility index (Phi) is 5.62. The van der Waals surface area contributed by atoms with E-state index in [0.717, 1.165) is 0 Å². The molecule has 1 aliphatic rings. The van der Waals surface area contributed by atoms with Crippen LogP contribution in [0.5, 0.6) is 11.5 Å². The minimum absolute atomic E-state index is 0.0181. The molecule has 1 aromatic heterocycles. The molecule has 0 saturated heterocycles. The third-order valence-electron chi connectivity index (χ3n) is 5.26. The topological polar surface area (TPSA) is 91.6 Å². The molecule has 8 nitrogen and oxygen atoms in total. The van der Waals surface area contributed by atoms with Crippen molar-refractivity contribution >= 4 is 17.4 Å². The van der Waals surface area contributed by atoms with Crippen LogP contribution in [0.2, 0.25) is 0 Å². The van der Waals surface area contributed by atoms with Gasteiger partial charge in [0.15, 0.2) is 17.3 Å². The number of aromatic nitrogens is 2. The SMILES string of the molecule is Cc1c(NC(=O)CCC(=O)c2ccc3c(c2)OCCO3)c(=O)n(-c2ccccc2)n1C. The molecule has 0 bridgehead atoms. The third kappa shape index (κ3) is 4.09. The highest BCUT2D eigenvalue weighted by Crippen LogP contribution is 2.31. The Morgan fingerprint density at radius 3 is 2.45 bits per heavy atom. The molecule has 1 amide bonds. The molecular weight excluding hydrogens is 398 g/mol. The van der Waals surface area contributed by atoms with Gasteiger partial charge in [0.25, 0.3) is 5.56 Å². The number of Topliss-reactive ketones (excluding diaryl/α,β-unsaturated/α-hetero) is 1. The van der Waals surface area contributed by atoms with Crippen LogP contribution in [0.3, 0.4) is 0 Å². The molecule has 0 saturated carbocycles. The second-order valence-corrected chi connectivity index (χ2v) is 7.27. The molecule has 0 spiro atoms. The number of rotatable bonds is 6. The summed E-state index contributed by atoms with van der Waals surface area (Å²) in [7, 11) is 1.75. The number of nitrogens with one attached hydrogen (secondary N) is 1. The summed E-state index contributed by atoms with van der Waals surface area (Å²) in [6.45, 7) is 2.67. The van der Waals surface area contributed by atoms with E-state index in [0.29, 0.717) is 41.7 Å². The number of carbonyl (C=O) groups is 2. The zero-order chi connectivity index (χ0) is 22.0. The van der Waals surface area contributed by atoms with Gasteiger partial charge in [-0.05, 0) is 37.3 Å². The first-order valence-corrected chi connectivity index (χ1v) is 10.0. The zero-order valence-corrected chi connectivity index (χ0v) is 17.4. The quantitative estimate of drug-likeness (QED) is 0.618. The lowest BCUT2D eigenvalue weighted by atomic mass is 10.1. The van der Waals surface area contributed by atoms with Crippen LogP contribution in [-0.2, 0) is 11.8 Å². The van der Waals surface area contributed by atoms with Gasteiger partial charge >= 0.3 is 0 Å². The van der Waals surface area contributed by atoms with Crippen molar-refractivity contribution in [1.29, 1.82) is 0 Å². The van der Waals surface area contributed by atoms with Crippen LogP contribution in [0.1, 0.15) is 28.9 Å². The maximum atomic E-state index is 12.9. The summed E-state index contributed by atoms with van der Waals surface area (Å²) in [4.78, 5) is 37.9. The first kappa shape index (κ1) is 20.5. The smallest absolute Gasteiger partial charge is 0.295 e. The first-order chi connectivity index (χ1) is 15.0. The van der Waals surface area contributed by atoms with Gasteiger partial charge in [0, 0.05) is 25.5 Å². The molecule has 3 aromatic rings. The predicted molar refractivity (Wildman–Crippen MR) is 115 cm³/mol. The van der Waals surface area contributed by atoms with Crippen LogP contribution < -0.4 is 20.3 Å². The van der Waals surface area contributed by atoms with E-state index in [9.17, 15) is 14.4 Å². The Hall–Kier alpha value is -3.81. The monoisotopic (exact) mass is 421 g/mol. The highest BCUT2D eigenvalue weighted by atomic mass is 16.6. The number of hydrogen-bond donors (Lipinski definition) is 1. The van der Waals surface area contributed by atoms with Gasteiger partial charge in [0.1, 0.15) is 18.9 Å². The van der Waals surface area contributed by atoms with E-state index in [4.69, 9.17) is 9.47 Å². The van der Waals surface area contributed by atoms with E-state index in [1.54, 1.807) is 36.9 Å². The minimum Gasteiger partial charge on any atom is -0.486 e. The van der Waals surface area contributed by atoms with Crippen molar-refractivity contribution in [1.82, 2.24) is 9.36 Å². The van der Waals surface area contributed by atoms with E-state index in [-0.39, 0.29) is 29.9 Å². The number of fused-ring (bicyclic) bond motifs is 1. The number of carbonyl (C=O) groups excluding carboxylic acids is 2. The number of amides is 1. The lowest BCUT2D eigenvalue weighted by molar-refractivity contribution is -0.116. The molecule has 0 fully saturated rings. The van der Waals surface area contributed by atoms with Crippen LogP contribution >= 0.6 is 0 Å². The van der Waals surface area contributed by atoms with Gasteiger partial charge in [-0.15, -0.1) is 0 Å². The van der Waals surface area contributed by atoms with E-state index >= 15 is 0 Å². The molecule has 2 aromatic carbocycles. The Morgan fingerprint density at radius 2 is 1.71 bits per heavy atom. The van der Waals surface area contributed by atoms with Gasteiger partial charge in [0.05, 0.1) is 11.4 Å². The van der Waals surface area contributed by atoms with Crippen molar-refractivity contribution < 1.29 is 19.1 Å². The van der Waals surface area contributed by atoms with Crippen LogP contribution in [-0.4, -0.2) is 34.3 Å². The summed E-state index contributed by atoms with van der Waals surface area (Å²) in [5.74, 6) is 0.563. The van der Waals surface area contributed by atoms with Crippen molar-refractivity contribution in [3.8, 4) is 17.2 Å². The van der Waals surface area contributed by atoms with Crippen molar-refractivity contribution in [3.63, 3.8) is 0 Å². The van der Waals surface area contributed by atoms with Gasteiger partial charge in [-0.2, -0.15) is 0 Å². The second-order valence-electron chi connectivity index (χ2n) is 7.27. The van der Waals surface area contributed by atoms with Crippen LogP contribution in [0.15, 0.2) is 53.3 Å². The molecule has 0 radical (unpaired) electrons. The van der Waals surface area contributed by atoms with Gasteiger partial charge < -0.3 is 14.8 Å². The van der Waals surface area contributed by atoms with Crippen LogP contribution in [0, 0.1) is 6.92 Å². The van der Waals surface area contributed by atoms with E-state index in [1.165, 1.54) is 4.68 Å². The Bertz CT molecular complexity index is 1190. The third-order valence-corrected chi connectivity index (χ3v) is 5.26. The van der Waals surface area contributed by atoms with Gasteiger partial charge in [0.2, 0.25) is 5.91 Å². The van der Waals surface area contributed by atoms with Gasteiger partial charge in [-0.1, -0.05) is 18.2 Å². The minimum atomic E-state index is -0.392. The number of hydrogen-bond acceptors (Lipinski definition) is 5. The lowest BCUT2D eigenvalue weighted by Crippen LogP contribution is -2.23. The fourth-order valence-corrected chi connectivity index (χ4v) is 3.50. The lowest BCUT2D eigenvalue weighted by Gasteiger charge is -2.18. The zero-order valence-electron chi connectivity index (χ0n) is 17.4. The molecule has 1 aliphatic heterocycles. The Balaban J connectivity index is 1.44. The van der Waals surface area contributed by atoms with E-state index < -0.39 is 5.91 Å². The Morgan fingerprint density at radius 1 is 1.00 bits per heavy atom. The summed E-state index contributed by atoms with van der Waals surface area (Å²) in [5, 5.41) is 2.68. The molecular formula is C23H23N3O5. The van der Waals surface area contributed by atoms with Crippen molar-refractivity contribution in [3.05, 3.63) is 70.1 Å². The molecule has 1 N–H and O–H groups in total. The average Bonchev–Trinajstić information content (AvgIpc) is 3.00. The molecule has 4 rings (SSSR count). The van der Waals surface area contributed by atoms with Crippen LogP contribution in [0.25, 0.3) is 5.69 Å². The van der Waals surface area contributed by atoms with Crippen LogP contribution in [0.4, 0.5) is 5.69 Å². The first-order valence-electron chi connectivity index (χ1n) is 10.0. The maximum absolute atomic E-state index is 12.9. The molecule has 0 atom stereocenters. The largest absolute Gasteiger partial charge is 0.486 e. The molecule has 0 unspecified atom stereocenters. The maximum Gasteiger partial charge on any atom is 0.295 e. The van der Waals surface area contributed by atoms with Gasteiger partial charge in [-0.25, -0.2) is 4.68 Å². The van der Waals surface area contributed by atoms with Crippen molar-refractivity contribution in [2.45, 2.75) is 19.8 Å².